The molecule has 0 unspecified atom stereocenters. The minimum atomic E-state index is -0.424. The second kappa shape index (κ2) is 7.08. The molecule has 2 aromatic carbocycles. The van der Waals surface area contributed by atoms with Gasteiger partial charge < -0.3 is 5.11 Å². The summed E-state index contributed by atoms with van der Waals surface area (Å²) in [5.74, 6) is -0.467. The molecule has 0 fully saturated rings. The van der Waals surface area contributed by atoms with E-state index in [4.69, 9.17) is 0 Å². The topological polar surface area (TPSA) is 79.1 Å². The molecule has 0 heterocycles. The van der Waals surface area contributed by atoms with Crippen LogP contribution in [0.4, 0.5) is 5.69 Å². The van der Waals surface area contributed by atoms with Crippen molar-refractivity contribution < 1.29 is 14.7 Å². The first-order valence-corrected chi connectivity index (χ1v) is 6.58. The first-order chi connectivity index (χ1) is 10.6. The summed E-state index contributed by atoms with van der Waals surface area (Å²) in [7, 11) is 0. The number of rotatable bonds is 5. The minimum Gasteiger partial charge on any atom is -0.513 e. The van der Waals surface area contributed by atoms with Crippen molar-refractivity contribution in [1.29, 1.82) is 0 Å². The lowest BCUT2D eigenvalue weighted by Crippen LogP contribution is -2.00. The van der Waals surface area contributed by atoms with Crippen LogP contribution in [0, 0.1) is 0 Å². The number of allylic oxidation sites excluding steroid dienone is 1. The number of Topliss-reactive ketones (excluding diaryl/α,β-unsaturated/α-hetero) is 2. The maximum Gasteiger partial charge on any atom is 0.216 e. The fourth-order valence-electron chi connectivity index (χ4n) is 1.74. The molecule has 1 N–H and O–H groups in total. The molecule has 110 valence electrons. The molecule has 0 amide bonds. The fourth-order valence-corrected chi connectivity index (χ4v) is 1.74. The number of benzene rings is 2. The Hall–Kier alpha value is -3.08. The highest BCUT2D eigenvalue weighted by molar-refractivity contribution is 6.08. The molecule has 0 saturated carbocycles. The number of carbonyl (C=O) groups excluding carboxylic acids is 2. The molecule has 0 aromatic heterocycles. The first-order valence-electron chi connectivity index (χ1n) is 6.58. The predicted molar refractivity (Wildman–Crippen MR) is 82.4 cm³/mol. The molecule has 0 aliphatic rings. The van der Waals surface area contributed by atoms with E-state index >= 15 is 0 Å². The molecule has 0 atom stereocenters. The zero-order valence-electron chi connectivity index (χ0n) is 11.9. The average Bonchev–Trinajstić information content (AvgIpc) is 2.56. The molecule has 0 aliphatic carbocycles. The molecule has 0 spiro atoms. The molecule has 5 heteroatoms. The molecular weight excluding hydrogens is 280 g/mol. The molecule has 22 heavy (non-hydrogen) atoms. The Kier molecular flexibility index (Phi) is 4.93. The minimum absolute atomic E-state index is 0.0429. The van der Waals surface area contributed by atoms with Crippen LogP contribution in [-0.4, -0.2) is 16.7 Å². The van der Waals surface area contributed by atoms with Crippen LogP contribution in [0.3, 0.4) is 0 Å². The number of aliphatic hydroxyl groups is 1. The summed E-state index contributed by atoms with van der Waals surface area (Å²) in [5.41, 5.74) is 1.29. The van der Waals surface area contributed by atoms with Gasteiger partial charge in [-0.1, -0.05) is 30.3 Å². The first kappa shape index (κ1) is 15.3. The van der Waals surface area contributed by atoms with Gasteiger partial charge in [-0.25, -0.2) is 0 Å². The van der Waals surface area contributed by atoms with Gasteiger partial charge in [-0.15, -0.1) is 5.11 Å². The van der Waals surface area contributed by atoms with Crippen LogP contribution in [0.25, 0.3) is 0 Å². The van der Waals surface area contributed by atoms with Crippen molar-refractivity contribution in [1.82, 2.24) is 0 Å². The van der Waals surface area contributed by atoms with E-state index in [2.05, 4.69) is 10.2 Å². The zero-order valence-corrected chi connectivity index (χ0v) is 11.9. The van der Waals surface area contributed by atoms with Crippen LogP contribution in [0.2, 0.25) is 0 Å². The Morgan fingerprint density at radius 2 is 1.59 bits per heavy atom. The van der Waals surface area contributed by atoms with Gasteiger partial charge in [-0.2, -0.15) is 5.11 Å². The molecule has 5 nitrogen and oxygen atoms in total. The number of carbonyl (C=O) groups is 2. The summed E-state index contributed by atoms with van der Waals surface area (Å²) < 4.78 is 0. The Morgan fingerprint density at radius 3 is 2.14 bits per heavy atom. The second-order valence-corrected chi connectivity index (χ2v) is 4.51. The van der Waals surface area contributed by atoms with E-state index in [1.165, 1.54) is 6.92 Å². The maximum absolute atomic E-state index is 12.1. The van der Waals surface area contributed by atoms with Gasteiger partial charge in [0.2, 0.25) is 5.78 Å². The third kappa shape index (κ3) is 3.73. The van der Waals surface area contributed by atoms with Crippen LogP contribution >= 0.6 is 0 Å². The molecule has 2 aromatic rings. The highest BCUT2D eigenvalue weighted by Crippen LogP contribution is 2.17. The standard InChI is InChI=1S/C17H14N2O3/c1-12(21)13-7-9-15(10-8-13)18-19-16(11-20)17(22)14-5-3-2-4-6-14/h2-11,20H,1H3/b16-11+,19-18?. The van der Waals surface area contributed by atoms with Crippen LogP contribution in [0.15, 0.2) is 76.8 Å². The van der Waals surface area contributed by atoms with E-state index in [1.807, 2.05) is 0 Å². The quantitative estimate of drug-likeness (QED) is 0.387. The lowest BCUT2D eigenvalue weighted by Gasteiger charge is -1.99. The smallest absolute Gasteiger partial charge is 0.216 e. The molecule has 2 rings (SSSR count). The Bertz CT molecular complexity index is 732. The number of ketones is 2. The summed E-state index contributed by atoms with van der Waals surface area (Å²) in [4.78, 5) is 23.3. The number of hydrogen-bond donors (Lipinski definition) is 1. The maximum atomic E-state index is 12.1. The van der Waals surface area contributed by atoms with E-state index in [0.29, 0.717) is 23.1 Å². The Morgan fingerprint density at radius 1 is 0.955 bits per heavy atom. The lowest BCUT2D eigenvalue weighted by molar-refractivity contribution is 0.101. The van der Waals surface area contributed by atoms with Crippen molar-refractivity contribution in [3.8, 4) is 0 Å². The van der Waals surface area contributed by atoms with Crippen LogP contribution < -0.4 is 0 Å². The van der Waals surface area contributed by atoms with Gasteiger partial charge in [-0.05, 0) is 31.2 Å². The van der Waals surface area contributed by atoms with Gasteiger partial charge in [-0.3, -0.25) is 9.59 Å². The number of nitrogens with zero attached hydrogens (tertiary/aromatic N) is 2. The molecular formula is C17H14N2O3. The normalized spacial score (nSPS) is 11.6. The van der Waals surface area contributed by atoms with Crippen molar-refractivity contribution in [3.05, 3.63) is 77.7 Å². The molecule has 0 saturated heterocycles. The number of hydrogen-bond acceptors (Lipinski definition) is 5. The van der Waals surface area contributed by atoms with Crippen LogP contribution in [0.1, 0.15) is 27.6 Å². The summed E-state index contributed by atoms with van der Waals surface area (Å²) in [6.07, 6.45) is 0.628. The van der Waals surface area contributed by atoms with Gasteiger partial charge in [0, 0.05) is 11.1 Å². The van der Waals surface area contributed by atoms with Gasteiger partial charge in [0.25, 0.3) is 0 Å². The van der Waals surface area contributed by atoms with Crippen LogP contribution in [0.5, 0.6) is 0 Å². The van der Waals surface area contributed by atoms with Crippen molar-refractivity contribution in [3.63, 3.8) is 0 Å². The zero-order chi connectivity index (χ0) is 15.9. The fraction of sp³-hybridized carbons (Fsp3) is 0.0588. The van der Waals surface area contributed by atoms with E-state index < -0.39 is 5.78 Å². The number of azo groups is 1. The summed E-state index contributed by atoms with van der Waals surface area (Å²) in [5, 5.41) is 16.8. The summed E-state index contributed by atoms with van der Waals surface area (Å²) >= 11 is 0. The van der Waals surface area contributed by atoms with Gasteiger partial charge >= 0.3 is 0 Å². The van der Waals surface area contributed by atoms with Gasteiger partial charge in [0.15, 0.2) is 11.5 Å². The predicted octanol–water partition coefficient (Wildman–Crippen LogP) is 4.26. The number of aliphatic hydroxyl groups excluding tert-OH is 1. The van der Waals surface area contributed by atoms with E-state index in [1.54, 1.807) is 54.6 Å². The van der Waals surface area contributed by atoms with E-state index in [0.717, 1.165) is 0 Å². The molecule has 0 bridgehead atoms. The summed E-state index contributed by atoms with van der Waals surface area (Å²) in [6, 6.07) is 15.0. The highest BCUT2D eigenvalue weighted by atomic mass is 16.2. The Balaban J connectivity index is 2.16. The third-order valence-corrected chi connectivity index (χ3v) is 2.94. The van der Waals surface area contributed by atoms with Crippen molar-refractivity contribution in [2.24, 2.45) is 10.2 Å². The largest absolute Gasteiger partial charge is 0.513 e. The van der Waals surface area contributed by atoms with Crippen molar-refractivity contribution in [2.45, 2.75) is 6.92 Å². The van der Waals surface area contributed by atoms with Gasteiger partial charge in [0.1, 0.15) is 6.26 Å². The van der Waals surface area contributed by atoms with Crippen LogP contribution in [-0.2, 0) is 0 Å². The second-order valence-electron chi connectivity index (χ2n) is 4.51. The SMILES string of the molecule is CC(=O)c1ccc(N=N/C(=C/O)C(=O)c2ccccc2)cc1. The van der Waals surface area contributed by atoms with Crippen molar-refractivity contribution in [2.75, 3.05) is 0 Å². The highest BCUT2D eigenvalue weighted by Gasteiger charge is 2.11. The monoisotopic (exact) mass is 294 g/mol. The lowest BCUT2D eigenvalue weighted by atomic mass is 10.1. The molecule has 0 aliphatic heterocycles. The summed E-state index contributed by atoms with van der Waals surface area (Å²) in [6.45, 7) is 1.47. The Labute approximate surface area is 127 Å². The van der Waals surface area contributed by atoms with Gasteiger partial charge in [0.05, 0.1) is 5.69 Å². The third-order valence-electron chi connectivity index (χ3n) is 2.94. The van der Waals surface area contributed by atoms with Crippen molar-refractivity contribution >= 4 is 17.3 Å². The average molecular weight is 294 g/mol. The van der Waals surface area contributed by atoms with E-state index in [-0.39, 0.29) is 11.5 Å². The van der Waals surface area contributed by atoms with E-state index in [9.17, 15) is 14.7 Å². The molecule has 0 radical (unpaired) electrons.